The van der Waals surface area contributed by atoms with E-state index in [2.05, 4.69) is 0 Å². The van der Waals surface area contributed by atoms with Gasteiger partial charge in [-0.05, 0) is 36.4 Å². The maximum absolute atomic E-state index is 11.0. The molecule has 0 amide bonds. The fourth-order valence-electron chi connectivity index (χ4n) is 1.73. The molecular formula is C14H14N2O2. The Balaban J connectivity index is 2.36. The zero-order valence-electron chi connectivity index (χ0n) is 9.78. The summed E-state index contributed by atoms with van der Waals surface area (Å²) >= 11 is 0. The van der Waals surface area contributed by atoms with Gasteiger partial charge < -0.3 is 15.7 Å². The molecule has 2 aromatic rings. The molecule has 0 aliphatic carbocycles. The molecule has 2 rings (SSSR count). The molecular weight excluding hydrogens is 228 g/mol. The van der Waals surface area contributed by atoms with Crippen molar-refractivity contribution in [3.05, 3.63) is 54.6 Å². The maximum Gasteiger partial charge on any atom is 0.323 e. The third-order valence-electron chi connectivity index (χ3n) is 2.57. The van der Waals surface area contributed by atoms with Gasteiger partial charge in [0.1, 0.15) is 6.54 Å². The minimum atomic E-state index is -0.879. The zero-order valence-corrected chi connectivity index (χ0v) is 9.78. The minimum Gasteiger partial charge on any atom is -0.480 e. The molecule has 0 heterocycles. The second-order valence-corrected chi connectivity index (χ2v) is 3.91. The molecule has 0 saturated heterocycles. The molecule has 0 bridgehead atoms. The number of hydrogen-bond acceptors (Lipinski definition) is 3. The first-order valence-corrected chi connectivity index (χ1v) is 5.57. The third kappa shape index (κ3) is 2.79. The van der Waals surface area contributed by atoms with Crippen LogP contribution in [-0.2, 0) is 4.79 Å². The first-order valence-electron chi connectivity index (χ1n) is 5.57. The lowest BCUT2D eigenvalue weighted by molar-refractivity contribution is -0.135. The molecule has 0 radical (unpaired) electrons. The van der Waals surface area contributed by atoms with Crippen LogP contribution in [-0.4, -0.2) is 17.6 Å². The van der Waals surface area contributed by atoms with Crippen molar-refractivity contribution in [2.75, 3.05) is 17.2 Å². The second kappa shape index (κ2) is 5.23. The number of rotatable bonds is 4. The predicted molar refractivity (Wildman–Crippen MR) is 71.9 cm³/mol. The molecule has 0 fully saturated rings. The topological polar surface area (TPSA) is 66.6 Å². The van der Waals surface area contributed by atoms with E-state index in [0.717, 1.165) is 11.4 Å². The van der Waals surface area contributed by atoms with Gasteiger partial charge in [-0.3, -0.25) is 4.79 Å². The molecule has 0 aromatic heterocycles. The van der Waals surface area contributed by atoms with Crippen LogP contribution in [0.4, 0.5) is 17.1 Å². The van der Waals surface area contributed by atoms with E-state index >= 15 is 0 Å². The Kier molecular flexibility index (Phi) is 3.48. The van der Waals surface area contributed by atoms with E-state index in [1.165, 1.54) is 0 Å². The van der Waals surface area contributed by atoms with E-state index in [0.29, 0.717) is 5.69 Å². The van der Waals surface area contributed by atoms with Gasteiger partial charge in [0.2, 0.25) is 0 Å². The standard InChI is InChI=1S/C14H14N2O2/c15-11-6-8-13(9-7-11)16(10-14(17)18)12-4-2-1-3-5-12/h1-9H,10,15H2,(H,17,18). The predicted octanol–water partition coefficient (Wildman–Crippen LogP) is 2.49. The fraction of sp³-hybridized carbons (Fsp3) is 0.0714. The lowest BCUT2D eigenvalue weighted by atomic mass is 10.2. The lowest BCUT2D eigenvalue weighted by Crippen LogP contribution is -2.24. The Morgan fingerprint density at radius 1 is 1.00 bits per heavy atom. The highest BCUT2D eigenvalue weighted by Crippen LogP contribution is 2.25. The average molecular weight is 242 g/mol. The minimum absolute atomic E-state index is 0.0894. The summed E-state index contributed by atoms with van der Waals surface area (Å²) in [6.45, 7) is -0.0894. The summed E-state index contributed by atoms with van der Waals surface area (Å²) in [6.07, 6.45) is 0. The molecule has 0 saturated carbocycles. The number of benzene rings is 2. The molecule has 0 aliphatic rings. The number of anilines is 3. The van der Waals surface area contributed by atoms with Crippen LogP contribution in [0.5, 0.6) is 0 Å². The Morgan fingerprint density at radius 3 is 2.11 bits per heavy atom. The second-order valence-electron chi connectivity index (χ2n) is 3.91. The number of aliphatic carboxylic acids is 1. The van der Waals surface area contributed by atoms with Crippen molar-refractivity contribution in [1.82, 2.24) is 0 Å². The third-order valence-corrected chi connectivity index (χ3v) is 2.57. The van der Waals surface area contributed by atoms with E-state index in [9.17, 15) is 4.79 Å². The zero-order chi connectivity index (χ0) is 13.0. The number of carboxylic acids is 1. The molecule has 4 nitrogen and oxygen atoms in total. The number of nitrogens with zero attached hydrogens (tertiary/aromatic N) is 1. The van der Waals surface area contributed by atoms with Crippen molar-refractivity contribution in [2.24, 2.45) is 0 Å². The van der Waals surface area contributed by atoms with Gasteiger partial charge in [0.25, 0.3) is 0 Å². The van der Waals surface area contributed by atoms with Gasteiger partial charge in [0.15, 0.2) is 0 Å². The van der Waals surface area contributed by atoms with Crippen LogP contribution < -0.4 is 10.6 Å². The molecule has 92 valence electrons. The Morgan fingerprint density at radius 2 is 1.56 bits per heavy atom. The molecule has 0 spiro atoms. The molecule has 2 aromatic carbocycles. The maximum atomic E-state index is 11.0. The van der Waals surface area contributed by atoms with Crippen LogP contribution in [0.3, 0.4) is 0 Å². The van der Waals surface area contributed by atoms with Gasteiger partial charge >= 0.3 is 5.97 Å². The summed E-state index contributed by atoms with van der Waals surface area (Å²) in [4.78, 5) is 12.7. The van der Waals surface area contributed by atoms with Crippen molar-refractivity contribution in [3.8, 4) is 0 Å². The Labute approximate surface area is 105 Å². The number of hydrogen-bond donors (Lipinski definition) is 2. The largest absolute Gasteiger partial charge is 0.480 e. The fourth-order valence-corrected chi connectivity index (χ4v) is 1.73. The van der Waals surface area contributed by atoms with Gasteiger partial charge in [-0.15, -0.1) is 0 Å². The molecule has 3 N–H and O–H groups in total. The van der Waals surface area contributed by atoms with Crippen molar-refractivity contribution >= 4 is 23.0 Å². The number of para-hydroxylation sites is 1. The van der Waals surface area contributed by atoms with Gasteiger partial charge in [0, 0.05) is 17.1 Å². The van der Waals surface area contributed by atoms with Crippen molar-refractivity contribution in [3.63, 3.8) is 0 Å². The van der Waals surface area contributed by atoms with Gasteiger partial charge in [-0.25, -0.2) is 0 Å². The van der Waals surface area contributed by atoms with Crippen LogP contribution in [0.15, 0.2) is 54.6 Å². The summed E-state index contributed by atoms with van der Waals surface area (Å²) in [5.41, 5.74) is 7.93. The summed E-state index contributed by atoms with van der Waals surface area (Å²) in [6, 6.07) is 16.5. The highest BCUT2D eigenvalue weighted by molar-refractivity contribution is 5.78. The molecule has 0 unspecified atom stereocenters. The molecule has 0 atom stereocenters. The van der Waals surface area contributed by atoms with Crippen LogP contribution in [0.25, 0.3) is 0 Å². The van der Waals surface area contributed by atoms with Crippen LogP contribution >= 0.6 is 0 Å². The Hall–Kier alpha value is -2.49. The summed E-state index contributed by atoms with van der Waals surface area (Å²) in [7, 11) is 0. The number of carboxylic acid groups (broad SMARTS) is 1. The van der Waals surface area contributed by atoms with E-state index in [1.54, 1.807) is 17.0 Å². The van der Waals surface area contributed by atoms with Crippen LogP contribution in [0.1, 0.15) is 0 Å². The number of carbonyl (C=O) groups is 1. The number of nitrogen functional groups attached to an aromatic ring is 1. The van der Waals surface area contributed by atoms with Crippen LogP contribution in [0.2, 0.25) is 0 Å². The van der Waals surface area contributed by atoms with Crippen molar-refractivity contribution < 1.29 is 9.90 Å². The van der Waals surface area contributed by atoms with Crippen molar-refractivity contribution in [1.29, 1.82) is 0 Å². The van der Waals surface area contributed by atoms with Gasteiger partial charge in [-0.2, -0.15) is 0 Å². The lowest BCUT2D eigenvalue weighted by Gasteiger charge is -2.23. The van der Waals surface area contributed by atoms with E-state index in [4.69, 9.17) is 10.8 Å². The number of nitrogens with two attached hydrogens (primary N) is 1. The van der Waals surface area contributed by atoms with Gasteiger partial charge in [-0.1, -0.05) is 18.2 Å². The molecule has 4 heteroatoms. The SMILES string of the molecule is Nc1ccc(N(CC(=O)O)c2ccccc2)cc1. The highest BCUT2D eigenvalue weighted by atomic mass is 16.4. The summed E-state index contributed by atoms with van der Waals surface area (Å²) in [5.74, 6) is -0.879. The molecule has 0 aliphatic heterocycles. The van der Waals surface area contributed by atoms with Crippen LogP contribution in [0, 0.1) is 0 Å². The quantitative estimate of drug-likeness (QED) is 0.808. The molecule has 18 heavy (non-hydrogen) atoms. The average Bonchev–Trinajstić information content (AvgIpc) is 2.38. The summed E-state index contributed by atoms with van der Waals surface area (Å²) < 4.78 is 0. The van der Waals surface area contributed by atoms with E-state index in [-0.39, 0.29) is 6.54 Å². The smallest absolute Gasteiger partial charge is 0.323 e. The van der Waals surface area contributed by atoms with E-state index < -0.39 is 5.97 Å². The first-order chi connectivity index (χ1) is 8.66. The van der Waals surface area contributed by atoms with E-state index in [1.807, 2.05) is 42.5 Å². The highest BCUT2D eigenvalue weighted by Gasteiger charge is 2.12. The van der Waals surface area contributed by atoms with Crippen molar-refractivity contribution in [2.45, 2.75) is 0 Å². The summed E-state index contributed by atoms with van der Waals surface area (Å²) in [5, 5.41) is 8.99. The first kappa shape index (κ1) is 12.0. The van der Waals surface area contributed by atoms with Gasteiger partial charge in [0.05, 0.1) is 0 Å². The normalized spacial score (nSPS) is 10.0. The Bertz CT molecular complexity index is 523. The monoisotopic (exact) mass is 242 g/mol.